The lowest BCUT2D eigenvalue weighted by molar-refractivity contribution is -0.140. The molecule has 4 amide bonds. The van der Waals surface area contributed by atoms with Crippen molar-refractivity contribution in [2.45, 2.75) is 41.9 Å². The molecular weight excluding hydrogens is 730 g/mol. The van der Waals surface area contributed by atoms with Crippen LogP contribution in [0.4, 0.5) is 27.6 Å². The summed E-state index contributed by atoms with van der Waals surface area (Å²) in [5, 5.41) is 11.3. The number of phenols is 1. The summed E-state index contributed by atoms with van der Waals surface area (Å²) in [5.41, 5.74) is -1.84. The van der Waals surface area contributed by atoms with Gasteiger partial charge in [0.25, 0.3) is 11.8 Å². The normalized spacial score (nSPS) is 30.4. The number of hydrogen-bond donors (Lipinski definition) is 1. The van der Waals surface area contributed by atoms with Crippen molar-refractivity contribution in [3.05, 3.63) is 62.9 Å². The molecule has 0 radical (unpaired) electrons. The van der Waals surface area contributed by atoms with Crippen molar-refractivity contribution in [1.29, 1.82) is 0 Å². The van der Waals surface area contributed by atoms with Gasteiger partial charge in [-0.2, -0.15) is 0 Å². The number of benzene rings is 2. The van der Waals surface area contributed by atoms with E-state index in [9.17, 15) is 37.5 Å². The number of carbonyl (C=O) groups is 4. The molecule has 6 rings (SSSR count). The highest BCUT2D eigenvalue weighted by atomic mass is 79.9. The number of hydrogen-bond acceptors (Lipinski definition) is 6. The zero-order valence-electron chi connectivity index (χ0n) is 23.8. The molecule has 244 valence electrons. The monoisotopic (exact) mass is 750 g/mol. The Balaban J connectivity index is 1.63. The number of allylic oxidation sites excluding steroid dienone is 2. The SMILES string of the molecule is CCCN1C(=O)C2CC=C3C(CC4(Cl)C(=O)N(c5c(F)c(F)c(F)c(F)c5F)C(=O)C4(Cl)C3c3cc(Br)cc(OC)c3O)C2C1=O. The van der Waals surface area contributed by atoms with E-state index < -0.39 is 104 Å². The van der Waals surface area contributed by atoms with Crippen molar-refractivity contribution in [2.24, 2.45) is 17.8 Å². The number of carbonyl (C=O) groups excluding carboxylic acids is 4. The maximum atomic E-state index is 15.1. The van der Waals surface area contributed by atoms with Crippen LogP contribution in [-0.4, -0.2) is 57.0 Å². The molecule has 16 heteroatoms. The standard InChI is InChI=1S/C30H22BrCl2F5N2O6/c1-3-6-39-25(42)12-5-4-11-14(16(12)26(39)43)9-29(32)27(44)40(23-21(37)19(35)18(34)20(36)22(23)38)28(45)30(29,33)17(11)13-7-10(31)8-15(46-2)24(13)41/h4,7-8,12,14,16-17,41H,3,5-6,9H2,1-2H3. The Morgan fingerprint density at radius 2 is 1.57 bits per heavy atom. The summed E-state index contributed by atoms with van der Waals surface area (Å²) in [4.78, 5) is 50.8. The van der Waals surface area contributed by atoms with Crippen molar-refractivity contribution < 1.29 is 51.0 Å². The van der Waals surface area contributed by atoms with E-state index in [0.717, 1.165) is 4.90 Å². The number of phenolic OH excluding ortho intramolecular Hbond substituents is 1. The molecule has 2 aliphatic carbocycles. The number of likely N-dealkylation sites (tertiary alicyclic amines) is 1. The van der Waals surface area contributed by atoms with Gasteiger partial charge in [-0.1, -0.05) is 34.5 Å². The quantitative estimate of drug-likeness (QED) is 0.103. The van der Waals surface area contributed by atoms with Gasteiger partial charge in [-0.25, -0.2) is 26.9 Å². The number of alkyl halides is 2. The topological polar surface area (TPSA) is 104 Å². The Labute approximate surface area is 276 Å². The van der Waals surface area contributed by atoms with Crippen LogP contribution in [0.1, 0.15) is 37.7 Å². The fourth-order valence-electron chi connectivity index (χ4n) is 7.39. The van der Waals surface area contributed by atoms with E-state index in [1.165, 1.54) is 19.2 Å². The third kappa shape index (κ3) is 4.01. The van der Waals surface area contributed by atoms with Gasteiger partial charge < -0.3 is 9.84 Å². The molecule has 3 fully saturated rings. The van der Waals surface area contributed by atoms with Gasteiger partial charge in [0.05, 0.1) is 18.9 Å². The lowest BCUT2D eigenvalue weighted by Crippen LogP contribution is -2.60. The zero-order valence-corrected chi connectivity index (χ0v) is 26.9. The van der Waals surface area contributed by atoms with Crippen molar-refractivity contribution >= 4 is 68.4 Å². The number of amides is 4. The van der Waals surface area contributed by atoms with Crippen LogP contribution in [0, 0.1) is 46.8 Å². The van der Waals surface area contributed by atoms with Crippen LogP contribution in [0.2, 0.25) is 0 Å². The van der Waals surface area contributed by atoms with Gasteiger partial charge in [-0.05, 0) is 37.3 Å². The molecule has 2 heterocycles. The minimum atomic E-state index is -2.76. The maximum absolute atomic E-state index is 15.1. The van der Waals surface area contributed by atoms with Crippen LogP contribution >= 0.6 is 39.1 Å². The predicted octanol–water partition coefficient (Wildman–Crippen LogP) is 5.83. The number of nitrogens with zero attached hydrogens (tertiary/aromatic N) is 2. The number of fused-ring (bicyclic) bond motifs is 4. The lowest BCUT2D eigenvalue weighted by atomic mass is 9.56. The molecule has 0 spiro atoms. The summed E-state index contributed by atoms with van der Waals surface area (Å²) < 4.78 is 78.5. The smallest absolute Gasteiger partial charge is 0.258 e. The number of imide groups is 2. The summed E-state index contributed by atoms with van der Waals surface area (Å²) >= 11 is 17.4. The minimum absolute atomic E-state index is 0.00453. The number of rotatable bonds is 5. The summed E-state index contributed by atoms with van der Waals surface area (Å²) in [5.74, 6) is -22.0. The van der Waals surface area contributed by atoms with Gasteiger partial charge in [-0.3, -0.25) is 24.1 Å². The summed E-state index contributed by atoms with van der Waals surface area (Å²) in [6, 6.07) is 2.69. The first-order valence-corrected chi connectivity index (χ1v) is 15.5. The molecule has 2 aromatic carbocycles. The molecule has 4 aliphatic rings. The second-order valence-corrected chi connectivity index (χ2v) is 13.7. The Morgan fingerprint density at radius 1 is 0.957 bits per heavy atom. The van der Waals surface area contributed by atoms with E-state index in [0.29, 0.717) is 6.42 Å². The minimum Gasteiger partial charge on any atom is -0.504 e. The lowest BCUT2D eigenvalue weighted by Gasteiger charge is -2.50. The van der Waals surface area contributed by atoms with Crippen LogP contribution in [0.15, 0.2) is 28.3 Å². The van der Waals surface area contributed by atoms with E-state index in [4.69, 9.17) is 27.9 Å². The Kier molecular flexibility index (Phi) is 7.76. The highest BCUT2D eigenvalue weighted by Gasteiger charge is 2.77. The number of anilines is 1. The molecule has 8 nitrogen and oxygen atoms in total. The first-order valence-electron chi connectivity index (χ1n) is 14.0. The van der Waals surface area contributed by atoms with Crippen LogP contribution in [0.25, 0.3) is 0 Å². The van der Waals surface area contributed by atoms with Crippen molar-refractivity contribution in [1.82, 2.24) is 4.90 Å². The van der Waals surface area contributed by atoms with Gasteiger partial charge in [0.1, 0.15) is 5.69 Å². The van der Waals surface area contributed by atoms with Crippen molar-refractivity contribution in [3.8, 4) is 11.5 Å². The molecule has 1 N–H and O–H groups in total. The number of methoxy groups -OCH3 is 1. The van der Waals surface area contributed by atoms with Crippen molar-refractivity contribution in [3.63, 3.8) is 0 Å². The fraction of sp³-hybridized carbons (Fsp3) is 0.400. The van der Waals surface area contributed by atoms with Crippen molar-refractivity contribution in [2.75, 3.05) is 18.6 Å². The number of ether oxygens (including phenoxy) is 1. The molecule has 6 atom stereocenters. The maximum Gasteiger partial charge on any atom is 0.258 e. The third-order valence-electron chi connectivity index (χ3n) is 9.36. The molecule has 6 unspecified atom stereocenters. The third-order valence-corrected chi connectivity index (χ3v) is 11.2. The van der Waals surface area contributed by atoms with E-state index in [1.54, 1.807) is 13.0 Å². The average molecular weight is 752 g/mol. The van der Waals surface area contributed by atoms with E-state index >= 15 is 8.78 Å². The average Bonchev–Trinajstić information content (AvgIpc) is 3.34. The van der Waals surface area contributed by atoms with Crippen LogP contribution in [0.5, 0.6) is 11.5 Å². The molecule has 0 bridgehead atoms. The Morgan fingerprint density at radius 3 is 2.15 bits per heavy atom. The van der Waals surface area contributed by atoms with Gasteiger partial charge in [0.2, 0.25) is 17.6 Å². The van der Waals surface area contributed by atoms with Crippen LogP contribution < -0.4 is 9.64 Å². The molecule has 46 heavy (non-hydrogen) atoms. The predicted molar refractivity (Wildman–Crippen MR) is 156 cm³/mol. The summed E-state index contributed by atoms with van der Waals surface area (Å²) in [6.45, 7) is 1.87. The molecule has 0 aromatic heterocycles. The summed E-state index contributed by atoms with van der Waals surface area (Å²) in [6.07, 6.45) is 1.35. The van der Waals surface area contributed by atoms with Crippen LogP contribution in [0.3, 0.4) is 0 Å². The first-order chi connectivity index (χ1) is 21.6. The Hall–Kier alpha value is -3.23. The molecule has 1 saturated carbocycles. The summed E-state index contributed by atoms with van der Waals surface area (Å²) in [7, 11) is 1.22. The second kappa shape index (κ2) is 10.9. The first kappa shape index (κ1) is 32.7. The molecule has 2 saturated heterocycles. The number of halogens is 8. The second-order valence-electron chi connectivity index (χ2n) is 11.6. The number of aromatic hydroxyl groups is 1. The highest BCUT2D eigenvalue weighted by Crippen LogP contribution is 2.67. The molecule has 2 aliphatic heterocycles. The molecular formula is C30H22BrCl2F5N2O6. The van der Waals surface area contributed by atoms with Gasteiger partial charge in [0.15, 0.2) is 44.5 Å². The van der Waals surface area contributed by atoms with E-state index in [1.807, 2.05) is 0 Å². The largest absolute Gasteiger partial charge is 0.504 e. The zero-order chi connectivity index (χ0) is 33.8. The van der Waals surface area contributed by atoms with Gasteiger partial charge >= 0.3 is 0 Å². The van der Waals surface area contributed by atoms with E-state index in [2.05, 4.69) is 15.9 Å². The highest BCUT2D eigenvalue weighted by molar-refractivity contribution is 9.10. The fourth-order valence-corrected chi connectivity index (χ4v) is 8.77. The molecule has 2 aromatic rings. The van der Waals surface area contributed by atoms with E-state index in [-0.39, 0.29) is 39.2 Å². The van der Waals surface area contributed by atoms with Crippen LogP contribution in [-0.2, 0) is 19.2 Å². The van der Waals surface area contributed by atoms with Gasteiger partial charge in [-0.15, -0.1) is 23.2 Å². The van der Waals surface area contributed by atoms with Gasteiger partial charge in [0, 0.05) is 22.5 Å². The Bertz CT molecular complexity index is 1780.